The average Bonchev–Trinajstić information content (AvgIpc) is 2.42. The number of halogens is 2. The number of hydrogen-bond acceptors (Lipinski definition) is 4. The Morgan fingerprint density at radius 2 is 2.00 bits per heavy atom. The Morgan fingerprint density at radius 3 is 2.62 bits per heavy atom. The fourth-order valence-electron chi connectivity index (χ4n) is 1.77. The van der Waals surface area contributed by atoms with Crippen molar-refractivity contribution in [2.75, 3.05) is 0 Å². The van der Waals surface area contributed by atoms with Crippen LogP contribution in [0.4, 0.5) is 10.1 Å². The van der Waals surface area contributed by atoms with Crippen LogP contribution in [0.3, 0.4) is 0 Å². The number of nitro groups is 1. The van der Waals surface area contributed by atoms with Crippen molar-refractivity contribution in [1.82, 2.24) is 0 Å². The Balaban J connectivity index is 2.43. The van der Waals surface area contributed by atoms with Crippen LogP contribution in [0.1, 0.15) is 18.5 Å². The maximum absolute atomic E-state index is 13.3. The van der Waals surface area contributed by atoms with Gasteiger partial charge in [0.15, 0.2) is 5.75 Å². The highest BCUT2D eigenvalue weighted by Crippen LogP contribution is 2.35. The molecule has 5 nitrogen and oxygen atoms in total. The van der Waals surface area contributed by atoms with Gasteiger partial charge < -0.3 is 10.5 Å². The zero-order chi connectivity index (χ0) is 15.6. The molecule has 0 heterocycles. The van der Waals surface area contributed by atoms with E-state index in [1.54, 1.807) is 6.92 Å². The number of nitro benzene ring substituents is 1. The van der Waals surface area contributed by atoms with Crippen LogP contribution < -0.4 is 10.5 Å². The molecule has 0 aromatic heterocycles. The molecule has 7 heteroatoms. The lowest BCUT2D eigenvalue weighted by Crippen LogP contribution is -2.07. The first-order chi connectivity index (χ1) is 9.88. The molecule has 0 fully saturated rings. The van der Waals surface area contributed by atoms with Gasteiger partial charge >= 0.3 is 0 Å². The molecule has 0 spiro atoms. The van der Waals surface area contributed by atoms with Gasteiger partial charge in [-0.3, -0.25) is 10.1 Å². The summed E-state index contributed by atoms with van der Waals surface area (Å²) in [4.78, 5) is 10.2. The van der Waals surface area contributed by atoms with E-state index in [1.807, 2.05) is 0 Å². The van der Waals surface area contributed by atoms with Crippen LogP contribution in [0.25, 0.3) is 0 Å². The van der Waals surface area contributed by atoms with E-state index in [1.165, 1.54) is 36.4 Å². The minimum atomic E-state index is -0.555. The zero-order valence-electron chi connectivity index (χ0n) is 11.0. The molecule has 0 bridgehead atoms. The van der Waals surface area contributed by atoms with E-state index in [2.05, 4.69) is 0 Å². The van der Waals surface area contributed by atoms with Gasteiger partial charge in [0.05, 0.1) is 16.0 Å². The third kappa shape index (κ3) is 3.48. The second kappa shape index (κ2) is 6.07. The van der Waals surface area contributed by atoms with E-state index in [4.69, 9.17) is 22.1 Å². The van der Waals surface area contributed by atoms with E-state index in [0.29, 0.717) is 11.3 Å². The fourth-order valence-corrected chi connectivity index (χ4v) is 1.93. The summed E-state index contributed by atoms with van der Waals surface area (Å²) in [7, 11) is 0. The van der Waals surface area contributed by atoms with Gasteiger partial charge in [-0.05, 0) is 31.2 Å². The standard InChI is InChI=1S/C14H12ClFN2O3/c1-8(17)11-6-9(16)2-5-13(11)21-14-7-10(18(19)20)3-4-12(14)15/h2-8H,17H2,1H3/t8-/m1/s1. The Hall–Kier alpha value is -2.18. The smallest absolute Gasteiger partial charge is 0.273 e. The van der Waals surface area contributed by atoms with Crippen molar-refractivity contribution in [3.8, 4) is 11.5 Å². The molecule has 2 rings (SSSR count). The molecular formula is C14H12ClFN2O3. The highest BCUT2D eigenvalue weighted by Gasteiger charge is 2.15. The van der Waals surface area contributed by atoms with Crippen LogP contribution in [0.15, 0.2) is 36.4 Å². The van der Waals surface area contributed by atoms with Crippen molar-refractivity contribution in [2.45, 2.75) is 13.0 Å². The minimum absolute atomic E-state index is 0.111. The number of non-ortho nitro benzene ring substituents is 1. The molecule has 0 aliphatic carbocycles. The van der Waals surface area contributed by atoms with E-state index < -0.39 is 16.8 Å². The van der Waals surface area contributed by atoms with Crippen LogP contribution in [0, 0.1) is 15.9 Å². The lowest BCUT2D eigenvalue weighted by molar-refractivity contribution is -0.384. The average molecular weight is 311 g/mol. The lowest BCUT2D eigenvalue weighted by Gasteiger charge is -2.14. The topological polar surface area (TPSA) is 78.4 Å². The summed E-state index contributed by atoms with van der Waals surface area (Å²) in [6, 6.07) is 7.25. The van der Waals surface area contributed by atoms with Gasteiger partial charge in [0.1, 0.15) is 11.6 Å². The summed E-state index contributed by atoms with van der Waals surface area (Å²) in [5, 5.41) is 11.0. The summed E-state index contributed by atoms with van der Waals surface area (Å²) in [5.74, 6) is -0.0343. The normalized spacial score (nSPS) is 12.0. The third-order valence-electron chi connectivity index (χ3n) is 2.81. The quantitative estimate of drug-likeness (QED) is 0.678. The number of benzene rings is 2. The number of hydrogen-bond donors (Lipinski definition) is 1. The molecule has 2 aromatic rings. The molecule has 110 valence electrons. The molecule has 0 saturated carbocycles. The highest BCUT2D eigenvalue weighted by molar-refractivity contribution is 6.32. The van der Waals surface area contributed by atoms with Gasteiger partial charge in [-0.2, -0.15) is 0 Å². The number of nitrogens with two attached hydrogens (primary N) is 1. The van der Waals surface area contributed by atoms with Crippen molar-refractivity contribution in [1.29, 1.82) is 0 Å². The monoisotopic (exact) mass is 310 g/mol. The molecule has 0 aliphatic heterocycles. The molecule has 2 aromatic carbocycles. The van der Waals surface area contributed by atoms with E-state index >= 15 is 0 Å². The van der Waals surface area contributed by atoms with Gasteiger partial charge in [-0.25, -0.2) is 4.39 Å². The molecular weight excluding hydrogens is 299 g/mol. The first kappa shape index (κ1) is 15.2. The van der Waals surface area contributed by atoms with Crippen molar-refractivity contribution >= 4 is 17.3 Å². The number of nitrogens with zero attached hydrogens (tertiary/aromatic N) is 1. The van der Waals surface area contributed by atoms with Gasteiger partial charge in [0.2, 0.25) is 0 Å². The van der Waals surface area contributed by atoms with Crippen LogP contribution in [-0.4, -0.2) is 4.92 Å². The van der Waals surface area contributed by atoms with Crippen molar-refractivity contribution in [3.63, 3.8) is 0 Å². The minimum Gasteiger partial charge on any atom is -0.455 e. The van der Waals surface area contributed by atoms with E-state index in [-0.39, 0.29) is 16.5 Å². The number of ether oxygens (including phenoxy) is 1. The molecule has 1 atom stereocenters. The summed E-state index contributed by atoms with van der Waals surface area (Å²) in [6.07, 6.45) is 0. The Kier molecular flexibility index (Phi) is 4.40. The van der Waals surface area contributed by atoms with Gasteiger partial charge in [-0.15, -0.1) is 0 Å². The summed E-state index contributed by atoms with van der Waals surface area (Å²) in [6.45, 7) is 1.68. The molecule has 0 amide bonds. The van der Waals surface area contributed by atoms with Crippen LogP contribution in [0.5, 0.6) is 11.5 Å². The van der Waals surface area contributed by atoms with Crippen molar-refractivity contribution < 1.29 is 14.1 Å². The van der Waals surface area contributed by atoms with Crippen LogP contribution >= 0.6 is 11.6 Å². The summed E-state index contributed by atoms with van der Waals surface area (Å²) in [5.41, 5.74) is 6.05. The fraction of sp³-hybridized carbons (Fsp3) is 0.143. The zero-order valence-corrected chi connectivity index (χ0v) is 11.8. The summed E-state index contributed by atoms with van der Waals surface area (Å²) >= 11 is 5.96. The molecule has 2 N–H and O–H groups in total. The second-order valence-corrected chi connectivity index (χ2v) is 4.85. The molecule has 0 unspecified atom stereocenters. The SMILES string of the molecule is C[C@@H](N)c1cc(F)ccc1Oc1cc([N+](=O)[O-])ccc1Cl. The predicted octanol–water partition coefficient (Wildman–Crippen LogP) is 4.20. The largest absolute Gasteiger partial charge is 0.455 e. The lowest BCUT2D eigenvalue weighted by atomic mass is 10.1. The van der Waals surface area contributed by atoms with Crippen molar-refractivity contribution in [3.05, 3.63) is 62.9 Å². The van der Waals surface area contributed by atoms with Crippen LogP contribution in [-0.2, 0) is 0 Å². The Bertz CT molecular complexity index is 692. The van der Waals surface area contributed by atoms with E-state index in [0.717, 1.165) is 0 Å². The predicted molar refractivity (Wildman–Crippen MR) is 77.2 cm³/mol. The molecule has 0 aliphatic rings. The third-order valence-corrected chi connectivity index (χ3v) is 3.12. The molecule has 21 heavy (non-hydrogen) atoms. The molecule has 0 saturated heterocycles. The first-order valence-corrected chi connectivity index (χ1v) is 6.43. The van der Waals surface area contributed by atoms with Crippen molar-refractivity contribution in [2.24, 2.45) is 5.73 Å². The molecule has 0 radical (unpaired) electrons. The van der Waals surface area contributed by atoms with E-state index in [9.17, 15) is 14.5 Å². The maximum Gasteiger partial charge on any atom is 0.273 e. The number of rotatable bonds is 4. The Morgan fingerprint density at radius 1 is 1.29 bits per heavy atom. The van der Waals surface area contributed by atoms with Gasteiger partial charge in [-0.1, -0.05) is 11.6 Å². The van der Waals surface area contributed by atoms with Gasteiger partial charge in [0, 0.05) is 17.7 Å². The van der Waals surface area contributed by atoms with Gasteiger partial charge in [0.25, 0.3) is 5.69 Å². The Labute approximate surface area is 125 Å². The summed E-state index contributed by atoms with van der Waals surface area (Å²) < 4.78 is 18.8. The first-order valence-electron chi connectivity index (χ1n) is 6.05. The van der Waals surface area contributed by atoms with Crippen LogP contribution in [0.2, 0.25) is 5.02 Å². The maximum atomic E-state index is 13.3. The second-order valence-electron chi connectivity index (χ2n) is 4.44. The highest BCUT2D eigenvalue weighted by atomic mass is 35.5.